The zero-order valence-electron chi connectivity index (χ0n) is 10.5. The molecule has 1 aliphatic heterocycles. The number of benzene rings is 1. The predicted molar refractivity (Wildman–Crippen MR) is 68.5 cm³/mol. The van der Waals surface area contributed by atoms with Crippen LogP contribution < -0.4 is 0 Å². The van der Waals surface area contributed by atoms with Crippen LogP contribution in [0.1, 0.15) is 17.9 Å². The summed E-state index contributed by atoms with van der Waals surface area (Å²) in [4.78, 5) is 12.4. The van der Waals surface area contributed by atoms with Gasteiger partial charge in [0.1, 0.15) is 0 Å². The molecule has 1 aromatic rings. The zero-order valence-corrected chi connectivity index (χ0v) is 10.5. The van der Waals surface area contributed by atoms with Gasteiger partial charge in [-0.3, -0.25) is 10.1 Å². The van der Waals surface area contributed by atoms with Crippen LogP contribution in [0, 0.1) is 16.0 Å². The molecule has 98 valence electrons. The van der Waals surface area contributed by atoms with Gasteiger partial charge in [0.15, 0.2) is 0 Å². The van der Waals surface area contributed by atoms with Crippen molar-refractivity contribution < 1.29 is 10.0 Å². The van der Waals surface area contributed by atoms with Crippen molar-refractivity contribution in [1.29, 1.82) is 0 Å². The first-order valence-electron chi connectivity index (χ1n) is 6.15. The Morgan fingerprint density at radius 1 is 1.44 bits per heavy atom. The molecule has 0 radical (unpaired) electrons. The van der Waals surface area contributed by atoms with Crippen LogP contribution in [0.2, 0.25) is 0 Å². The Labute approximate surface area is 106 Å². The van der Waals surface area contributed by atoms with E-state index in [4.69, 9.17) is 0 Å². The molecule has 0 saturated carbocycles. The van der Waals surface area contributed by atoms with Gasteiger partial charge in [0.25, 0.3) is 5.69 Å². The van der Waals surface area contributed by atoms with E-state index in [9.17, 15) is 15.2 Å². The predicted octanol–water partition coefficient (Wildman–Crippen LogP) is 1.62. The largest absolute Gasteiger partial charge is 0.396 e. The van der Waals surface area contributed by atoms with Gasteiger partial charge in [0, 0.05) is 31.2 Å². The lowest BCUT2D eigenvalue weighted by molar-refractivity contribution is -0.384. The first-order valence-corrected chi connectivity index (χ1v) is 6.15. The second-order valence-electron chi connectivity index (χ2n) is 4.95. The number of nitro benzene ring substituents is 1. The maximum atomic E-state index is 10.6. The summed E-state index contributed by atoms with van der Waals surface area (Å²) in [5, 5.41) is 20.1. The number of hydrogen-bond donors (Lipinski definition) is 1. The molecule has 5 heteroatoms. The van der Waals surface area contributed by atoms with Gasteiger partial charge in [0.05, 0.1) is 4.92 Å². The molecule has 1 saturated heterocycles. The Morgan fingerprint density at radius 2 is 2.11 bits per heavy atom. The quantitative estimate of drug-likeness (QED) is 0.654. The van der Waals surface area contributed by atoms with Gasteiger partial charge >= 0.3 is 0 Å². The second-order valence-corrected chi connectivity index (χ2v) is 4.95. The minimum Gasteiger partial charge on any atom is -0.396 e. The van der Waals surface area contributed by atoms with E-state index in [1.54, 1.807) is 12.1 Å². The van der Waals surface area contributed by atoms with Crippen LogP contribution in [0.15, 0.2) is 24.3 Å². The molecule has 5 nitrogen and oxygen atoms in total. The van der Waals surface area contributed by atoms with E-state index in [-0.39, 0.29) is 23.1 Å². The van der Waals surface area contributed by atoms with Crippen molar-refractivity contribution in [3.8, 4) is 0 Å². The number of nitrogens with zero attached hydrogens (tertiary/aromatic N) is 2. The highest BCUT2D eigenvalue weighted by Gasteiger charge is 2.28. The maximum absolute atomic E-state index is 10.6. The molecule has 2 unspecified atom stereocenters. The third-order valence-electron chi connectivity index (χ3n) is 3.70. The topological polar surface area (TPSA) is 66.6 Å². The Hall–Kier alpha value is -1.46. The molecule has 0 spiro atoms. The molecular weight excluding hydrogens is 232 g/mol. The highest BCUT2D eigenvalue weighted by molar-refractivity contribution is 5.34. The van der Waals surface area contributed by atoms with Crippen molar-refractivity contribution in [2.24, 2.45) is 5.92 Å². The zero-order chi connectivity index (χ0) is 13.1. The van der Waals surface area contributed by atoms with Gasteiger partial charge in [-0.15, -0.1) is 0 Å². The average molecular weight is 250 g/mol. The van der Waals surface area contributed by atoms with Crippen LogP contribution in [-0.2, 0) is 0 Å². The van der Waals surface area contributed by atoms with Crippen molar-refractivity contribution in [3.05, 3.63) is 39.9 Å². The molecular formula is C13H18N2O3. The summed E-state index contributed by atoms with van der Waals surface area (Å²) >= 11 is 0. The summed E-state index contributed by atoms with van der Waals surface area (Å²) in [5.41, 5.74) is 1.21. The molecule has 1 fully saturated rings. The summed E-state index contributed by atoms with van der Waals surface area (Å²) in [6.07, 6.45) is 0.986. The van der Waals surface area contributed by atoms with Crippen LogP contribution in [0.25, 0.3) is 0 Å². The van der Waals surface area contributed by atoms with Gasteiger partial charge in [-0.25, -0.2) is 0 Å². The summed E-state index contributed by atoms with van der Waals surface area (Å²) < 4.78 is 0. The van der Waals surface area contributed by atoms with E-state index in [1.807, 2.05) is 12.1 Å². The molecule has 2 atom stereocenters. The van der Waals surface area contributed by atoms with Crippen molar-refractivity contribution in [1.82, 2.24) is 4.90 Å². The summed E-state index contributed by atoms with van der Waals surface area (Å²) in [6, 6.07) is 6.72. The molecule has 18 heavy (non-hydrogen) atoms. The van der Waals surface area contributed by atoms with E-state index in [2.05, 4.69) is 11.9 Å². The van der Waals surface area contributed by atoms with E-state index < -0.39 is 0 Å². The minimum absolute atomic E-state index is 0.118. The Bertz CT molecular complexity index is 419. The summed E-state index contributed by atoms with van der Waals surface area (Å²) in [6.45, 7) is 2.03. The highest BCUT2D eigenvalue weighted by atomic mass is 16.6. The molecule has 0 bridgehead atoms. The van der Waals surface area contributed by atoms with Gasteiger partial charge in [0.2, 0.25) is 0 Å². The lowest BCUT2D eigenvalue weighted by atomic mass is 9.81. The first kappa shape index (κ1) is 13.0. The van der Waals surface area contributed by atoms with Crippen molar-refractivity contribution in [2.45, 2.75) is 12.3 Å². The number of likely N-dealkylation sites (tertiary alicyclic amines) is 1. The van der Waals surface area contributed by atoms with E-state index in [0.717, 1.165) is 25.1 Å². The monoisotopic (exact) mass is 250 g/mol. The molecule has 1 aromatic carbocycles. The fraction of sp³-hybridized carbons (Fsp3) is 0.538. The lowest BCUT2D eigenvalue weighted by Crippen LogP contribution is -2.38. The SMILES string of the molecule is CN1CCC(c2ccc([N+](=O)[O-])cc2)C(CO)C1. The van der Waals surface area contributed by atoms with Crippen LogP contribution >= 0.6 is 0 Å². The van der Waals surface area contributed by atoms with Gasteiger partial charge < -0.3 is 10.0 Å². The molecule has 2 rings (SSSR count). The number of aliphatic hydroxyl groups is 1. The fourth-order valence-electron chi connectivity index (χ4n) is 2.68. The van der Waals surface area contributed by atoms with Crippen LogP contribution in [-0.4, -0.2) is 41.7 Å². The lowest BCUT2D eigenvalue weighted by Gasteiger charge is -2.36. The third-order valence-corrected chi connectivity index (χ3v) is 3.70. The first-order chi connectivity index (χ1) is 8.61. The number of non-ortho nitro benzene ring substituents is 1. The van der Waals surface area contributed by atoms with E-state index >= 15 is 0 Å². The Kier molecular flexibility index (Phi) is 3.93. The van der Waals surface area contributed by atoms with Crippen molar-refractivity contribution in [2.75, 3.05) is 26.7 Å². The molecule has 0 amide bonds. The molecule has 0 aromatic heterocycles. The minimum atomic E-state index is -0.387. The fourth-order valence-corrected chi connectivity index (χ4v) is 2.68. The van der Waals surface area contributed by atoms with Crippen LogP contribution in [0.5, 0.6) is 0 Å². The van der Waals surface area contributed by atoms with E-state index in [0.29, 0.717) is 5.92 Å². The number of aliphatic hydroxyl groups excluding tert-OH is 1. The number of hydrogen-bond acceptors (Lipinski definition) is 4. The van der Waals surface area contributed by atoms with Crippen molar-refractivity contribution >= 4 is 5.69 Å². The molecule has 1 N–H and O–H groups in total. The van der Waals surface area contributed by atoms with Crippen LogP contribution in [0.4, 0.5) is 5.69 Å². The van der Waals surface area contributed by atoms with Crippen LogP contribution in [0.3, 0.4) is 0 Å². The number of nitro groups is 1. The standard InChI is InChI=1S/C13H18N2O3/c1-14-7-6-13(11(8-14)9-16)10-2-4-12(5-3-10)15(17)18/h2-5,11,13,16H,6-9H2,1H3. The van der Waals surface area contributed by atoms with E-state index in [1.165, 1.54) is 0 Å². The second kappa shape index (κ2) is 5.46. The smallest absolute Gasteiger partial charge is 0.269 e. The Morgan fingerprint density at radius 3 is 2.67 bits per heavy atom. The third kappa shape index (κ3) is 2.68. The normalized spacial score (nSPS) is 25.0. The van der Waals surface area contributed by atoms with Gasteiger partial charge in [-0.1, -0.05) is 12.1 Å². The summed E-state index contributed by atoms with van der Waals surface area (Å²) in [7, 11) is 2.05. The van der Waals surface area contributed by atoms with Gasteiger partial charge in [-0.2, -0.15) is 0 Å². The highest BCUT2D eigenvalue weighted by Crippen LogP contribution is 2.33. The van der Waals surface area contributed by atoms with Crippen molar-refractivity contribution in [3.63, 3.8) is 0 Å². The molecule has 1 aliphatic rings. The Balaban J connectivity index is 2.17. The number of rotatable bonds is 3. The maximum Gasteiger partial charge on any atom is 0.269 e. The molecule has 1 heterocycles. The number of piperidine rings is 1. The van der Waals surface area contributed by atoms with Gasteiger partial charge in [-0.05, 0) is 31.5 Å². The average Bonchev–Trinajstić information content (AvgIpc) is 2.38. The summed E-state index contributed by atoms with van der Waals surface area (Å²) in [5.74, 6) is 0.511. The molecule has 0 aliphatic carbocycles.